The van der Waals surface area contributed by atoms with Gasteiger partial charge in [-0.3, -0.25) is 9.36 Å². The lowest BCUT2D eigenvalue weighted by atomic mass is 10.1. The molecular weight excluding hydrogens is 532 g/mol. The standard InChI is InChI=1S/C28H30N6O5S/c1-3-38-28(36)33-15-13-32(14-16-33)26(35)23-18-39-25(29-23)19-40-27-31-30-24(17-20-7-5-4-6-8-20)34(27)21-9-11-22(37-2)12-10-21/h4-12,18H,3,13-17,19H2,1-2H3. The number of thioether (sulfide) groups is 1. The molecular formula is C28H30N6O5S. The first-order valence-electron chi connectivity index (χ1n) is 13.0. The van der Waals surface area contributed by atoms with Gasteiger partial charge >= 0.3 is 6.09 Å². The monoisotopic (exact) mass is 562 g/mol. The quantitative estimate of drug-likeness (QED) is 0.279. The Kier molecular flexibility index (Phi) is 8.65. The number of nitrogens with zero attached hydrogens (tertiary/aromatic N) is 6. The number of rotatable bonds is 9. The van der Waals surface area contributed by atoms with Gasteiger partial charge in [-0.25, -0.2) is 9.78 Å². The van der Waals surface area contributed by atoms with Crippen molar-refractivity contribution in [2.45, 2.75) is 24.3 Å². The number of hydrogen-bond acceptors (Lipinski definition) is 9. The largest absolute Gasteiger partial charge is 0.497 e. The Morgan fingerprint density at radius 1 is 0.975 bits per heavy atom. The molecule has 2 amide bonds. The Morgan fingerprint density at radius 3 is 2.40 bits per heavy atom. The van der Waals surface area contributed by atoms with Crippen molar-refractivity contribution in [2.24, 2.45) is 0 Å². The van der Waals surface area contributed by atoms with Gasteiger partial charge in [-0.1, -0.05) is 42.1 Å². The molecule has 11 nitrogen and oxygen atoms in total. The molecule has 0 spiro atoms. The SMILES string of the molecule is CCOC(=O)N1CCN(C(=O)c2coc(CSc3nnc(Cc4ccccc4)n3-c3ccc(OC)cc3)n2)CC1. The van der Waals surface area contributed by atoms with Crippen molar-refractivity contribution in [3.63, 3.8) is 0 Å². The molecule has 0 N–H and O–H groups in total. The highest BCUT2D eigenvalue weighted by Gasteiger charge is 2.27. The first-order valence-corrected chi connectivity index (χ1v) is 13.9. The number of amides is 2. The van der Waals surface area contributed by atoms with E-state index < -0.39 is 0 Å². The van der Waals surface area contributed by atoms with Gasteiger partial charge in [-0.05, 0) is 36.8 Å². The first kappa shape index (κ1) is 27.3. The number of hydrogen-bond donors (Lipinski definition) is 0. The maximum Gasteiger partial charge on any atom is 0.409 e. The summed E-state index contributed by atoms with van der Waals surface area (Å²) in [6.07, 6.45) is 1.64. The van der Waals surface area contributed by atoms with Crippen LogP contribution in [-0.2, 0) is 16.9 Å². The zero-order valence-corrected chi connectivity index (χ0v) is 23.2. The highest BCUT2D eigenvalue weighted by Crippen LogP contribution is 2.27. The Bertz CT molecular complexity index is 1430. The molecule has 40 heavy (non-hydrogen) atoms. The number of piperazine rings is 1. The normalized spacial score (nSPS) is 13.3. The van der Waals surface area contributed by atoms with E-state index in [0.717, 1.165) is 22.8 Å². The zero-order chi connectivity index (χ0) is 27.9. The third-order valence-electron chi connectivity index (χ3n) is 6.42. The fourth-order valence-electron chi connectivity index (χ4n) is 4.35. The Balaban J connectivity index is 1.27. The van der Waals surface area contributed by atoms with E-state index in [9.17, 15) is 9.59 Å². The number of methoxy groups -OCH3 is 1. The van der Waals surface area contributed by atoms with Gasteiger partial charge in [0, 0.05) is 38.3 Å². The minimum Gasteiger partial charge on any atom is -0.497 e. The van der Waals surface area contributed by atoms with Gasteiger partial charge in [-0.15, -0.1) is 10.2 Å². The second-order valence-corrected chi connectivity index (χ2v) is 9.93. The second kappa shape index (κ2) is 12.7. The highest BCUT2D eigenvalue weighted by atomic mass is 32.2. The third-order valence-corrected chi connectivity index (χ3v) is 7.34. The fourth-order valence-corrected chi connectivity index (χ4v) is 5.17. The molecule has 208 valence electrons. The molecule has 3 heterocycles. The molecule has 0 aliphatic carbocycles. The molecule has 0 radical (unpaired) electrons. The van der Waals surface area contributed by atoms with Crippen molar-refractivity contribution in [3.05, 3.63) is 83.8 Å². The van der Waals surface area contributed by atoms with E-state index in [4.69, 9.17) is 13.9 Å². The highest BCUT2D eigenvalue weighted by molar-refractivity contribution is 7.98. The van der Waals surface area contributed by atoms with Crippen molar-refractivity contribution in [1.29, 1.82) is 0 Å². The van der Waals surface area contributed by atoms with Crippen LogP contribution in [-0.4, -0.2) is 81.4 Å². The van der Waals surface area contributed by atoms with Crippen LogP contribution in [0.4, 0.5) is 4.79 Å². The molecule has 0 saturated carbocycles. The van der Waals surface area contributed by atoms with E-state index >= 15 is 0 Å². The van der Waals surface area contributed by atoms with Crippen LogP contribution in [0, 0.1) is 0 Å². The van der Waals surface area contributed by atoms with Crippen LogP contribution in [0.3, 0.4) is 0 Å². The van der Waals surface area contributed by atoms with Crippen molar-refractivity contribution in [2.75, 3.05) is 39.9 Å². The minimum atomic E-state index is -0.357. The van der Waals surface area contributed by atoms with Gasteiger partial charge < -0.3 is 23.7 Å². The maximum absolute atomic E-state index is 13.0. The summed E-state index contributed by atoms with van der Waals surface area (Å²) >= 11 is 1.42. The smallest absolute Gasteiger partial charge is 0.409 e. The second-order valence-electron chi connectivity index (χ2n) is 8.99. The average Bonchev–Trinajstić information content (AvgIpc) is 3.63. The first-order chi connectivity index (χ1) is 19.6. The number of aromatic nitrogens is 4. The van der Waals surface area contributed by atoms with Crippen molar-refractivity contribution in [3.8, 4) is 11.4 Å². The number of ether oxygens (including phenoxy) is 2. The Hall–Kier alpha value is -4.32. The van der Waals surface area contributed by atoms with E-state index in [0.29, 0.717) is 56.0 Å². The van der Waals surface area contributed by atoms with E-state index in [-0.39, 0.29) is 17.7 Å². The third kappa shape index (κ3) is 6.28. The predicted octanol–water partition coefficient (Wildman–Crippen LogP) is 4.06. The van der Waals surface area contributed by atoms with Gasteiger partial charge in [0.1, 0.15) is 17.8 Å². The fraction of sp³-hybridized carbons (Fsp3) is 0.321. The Morgan fingerprint density at radius 2 is 1.70 bits per heavy atom. The molecule has 0 atom stereocenters. The van der Waals surface area contributed by atoms with Gasteiger partial charge in [-0.2, -0.15) is 0 Å². The van der Waals surface area contributed by atoms with Crippen LogP contribution in [0.15, 0.2) is 70.4 Å². The summed E-state index contributed by atoms with van der Waals surface area (Å²) in [5.74, 6) is 2.10. The van der Waals surface area contributed by atoms with Crippen molar-refractivity contribution < 1.29 is 23.5 Å². The van der Waals surface area contributed by atoms with Crippen molar-refractivity contribution >= 4 is 23.8 Å². The maximum atomic E-state index is 13.0. The molecule has 2 aromatic heterocycles. The molecule has 1 aliphatic rings. The van der Waals surface area contributed by atoms with Gasteiger partial charge in [0.25, 0.3) is 5.91 Å². The van der Waals surface area contributed by atoms with Gasteiger partial charge in [0.15, 0.2) is 10.9 Å². The summed E-state index contributed by atoms with van der Waals surface area (Å²) < 4.78 is 18.0. The molecule has 1 saturated heterocycles. The van der Waals surface area contributed by atoms with Crippen molar-refractivity contribution in [1.82, 2.24) is 29.5 Å². The molecule has 2 aromatic carbocycles. The van der Waals surface area contributed by atoms with Crippen LogP contribution in [0.5, 0.6) is 5.75 Å². The summed E-state index contributed by atoms with van der Waals surface area (Å²) in [5.41, 5.74) is 2.27. The number of benzene rings is 2. The van der Waals surface area contributed by atoms with E-state index in [1.165, 1.54) is 18.0 Å². The van der Waals surface area contributed by atoms with Crippen LogP contribution in [0.2, 0.25) is 0 Å². The van der Waals surface area contributed by atoms with Crippen LogP contribution >= 0.6 is 11.8 Å². The van der Waals surface area contributed by atoms with E-state index in [1.54, 1.807) is 23.8 Å². The zero-order valence-electron chi connectivity index (χ0n) is 22.4. The predicted molar refractivity (Wildman–Crippen MR) is 148 cm³/mol. The number of carbonyl (C=O) groups excluding carboxylic acids is 2. The number of carbonyl (C=O) groups is 2. The van der Waals surface area contributed by atoms with Gasteiger partial charge in [0.05, 0.1) is 19.5 Å². The molecule has 5 rings (SSSR count). The average molecular weight is 563 g/mol. The van der Waals surface area contributed by atoms with Gasteiger partial charge in [0.2, 0.25) is 5.89 Å². The lowest BCUT2D eigenvalue weighted by Gasteiger charge is -2.33. The molecule has 12 heteroatoms. The topological polar surface area (TPSA) is 116 Å². The number of oxazole rings is 1. The molecule has 0 unspecified atom stereocenters. The summed E-state index contributed by atoms with van der Waals surface area (Å²) in [7, 11) is 1.63. The summed E-state index contributed by atoms with van der Waals surface area (Å²) in [5, 5.41) is 9.61. The van der Waals surface area contributed by atoms with E-state index in [1.807, 2.05) is 47.0 Å². The molecule has 0 bridgehead atoms. The summed E-state index contributed by atoms with van der Waals surface area (Å²) in [6, 6.07) is 17.8. The molecule has 4 aromatic rings. The van der Waals surface area contributed by atoms with Crippen LogP contribution in [0.25, 0.3) is 5.69 Å². The molecule has 1 aliphatic heterocycles. The Labute approximate surface area is 236 Å². The summed E-state index contributed by atoms with van der Waals surface area (Å²) in [6.45, 7) is 3.73. The summed E-state index contributed by atoms with van der Waals surface area (Å²) in [4.78, 5) is 32.6. The minimum absolute atomic E-state index is 0.227. The molecule has 1 fully saturated rings. The lowest BCUT2D eigenvalue weighted by molar-refractivity contribution is 0.0566. The van der Waals surface area contributed by atoms with Crippen LogP contribution in [0.1, 0.15) is 34.7 Å². The van der Waals surface area contributed by atoms with E-state index in [2.05, 4.69) is 27.3 Å². The lowest BCUT2D eigenvalue weighted by Crippen LogP contribution is -2.50. The van der Waals surface area contributed by atoms with Crippen LogP contribution < -0.4 is 4.74 Å².